The van der Waals surface area contributed by atoms with Crippen molar-refractivity contribution in [1.29, 1.82) is 0 Å². The number of rotatable bonds is 4. The number of para-hydroxylation sites is 1. The number of amides is 1. The maximum atomic E-state index is 13.0. The monoisotopic (exact) mass is 445 g/mol. The zero-order chi connectivity index (χ0) is 21.3. The smallest absolute Gasteiger partial charge is 0.286 e. The van der Waals surface area contributed by atoms with Gasteiger partial charge in [-0.15, -0.1) is 4.40 Å². The van der Waals surface area contributed by atoms with E-state index in [-0.39, 0.29) is 16.6 Å². The lowest BCUT2D eigenvalue weighted by atomic mass is 10.1. The fraction of sp³-hybridized carbons (Fsp3) is 0.333. The van der Waals surface area contributed by atoms with Crippen LogP contribution in [0.3, 0.4) is 0 Å². The molecular formula is C21H23N3O4S2. The number of amidine groups is 1. The molecule has 0 spiro atoms. The van der Waals surface area contributed by atoms with Crippen molar-refractivity contribution in [3.8, 4) is 5.75 Å². The Labute approximate surface area is 180 Å². The third-order valence-electron chi connectivity index (χ3n) is 4.91. The van der Waals surface area contributed by atoms with Crippen molar-refractivity contribution in [3.63, 3.8) is 0 Å². The van der Waals surface area contributed by atoms with Crippen LogP contribution in [0.15, 0.2) is 51.8 Å². The Kier molecular flexibility index (Phi) is 5.75. The van der Waals surface area contributed by atoms with Gasteiger partial charge in [0.15, 0.2) is 5.17 Å². The van der Waals surface area contributed by atoms with E-state index in [1.54, 1.807) is 23.1 Å². The molecular weight excluding hydrogens is 422 g/mol. The first-order valence-corrected chi connectivity index (χ1v) is 12.2. The molecule has 4 rings (SSSR count). The SMILES string of the molecule is CCCN1C(SCC(=O)N2CCOc3ccc(C)cc32)=NS(=O)(=O)c2ccccc21. The molecule has 0 radical (unpaired) electrons. The molecule has 30 heavy (non-hydrogen) atoms. The van der Waals surface area contributed by atoms with Gasteiger partial charge >= 0.3 is 0 Å². The van der Waals surface area contributed by atoms with Crippen LogP contribution in [0.4, 0.5) is 11.4 Å². The number of anilines is 2. The highest BCUT2D eigenvalue weighted by atomic mass is 32.2. The number of carbonyl (C=O) groups is 1. The maximum absolute atomic E-state index is 13.0. The first-order chi connectivity index (χ1) is 14.4. The van der Waals surface area contributed by atoms with Gasteiger partial charge in [0.1, 0.15) is 17.3 Å². The molecule has 2 aromatic rings. The number of aryl methyl sites for hydroxylation is 1. The molecule has 0 bridgehead atoms. The molecule has 0 atom stereocenters. The third kappa shape index (κ3) is 3.91. The van der Waals surface area contributed by atoms with E-state index in [2.05, 4.69) is 4.40 Å². The van der Waals surface area contributed by atoms with Gasteiger partial charge in [-0.2, -0.15) is 8.42 Å². The minimum Gasteiger partial charge on any atom is -0.490 e. The minimum absolute atomic E-state index is 0.0874. The van der Waals surface area contributed by atoms with E-state index in [1.165, 1.54) is 0 Å². The number of sulfonamides is 1. The zero-order valence-corrected chi connectivity index (χ0v) is 18.5. The molecule has 0 fully saturated rings. The lowest BCUT2D eigenvalue weighted by Crippen LogP contribution is -2.40. The molecule has 0 unspecified atom stereocenters. The van der Waals surface area contributed by atoms with E-state index in [4.69, 9.17) is 4.74 Å². The topological polar surface area (TPSA) is 79.3 Å². The van der Waals surface area contributed by atoms with Gasteiger partial charge < -0.3 is 14.5 Å². The number of benzene rings is 2. The number of hydrogen-bond donors (Lipinski definition) is 0. The van der Waals surface area contributed by atoms with Gasteiger partial charge in [0, 0.05) is 6.54 Å². The maximum Gasteiger partial charge on any atom is 0.286 e. The molecule has 7 nitrogen and oxygen atoms in total. The predicted molar refractivity (Wildman–Crippen MR) is 120 cm³/mol. The first-order valence-electron chi connectivity index (χ1n) is 9.79. The summed E-state index contributed by atoms with van der Waals surface area (Å²) in [6, 6.07) is 12.6. The Hall–Kier alpha value is -2.52. The minimum atomic E-state index is -3.79. The van der Waals surface area contributed by atoms with Crippen molar-refractivity contribution >= 4 is 44.2 Å². The molecule has 0 aliphatic carbocycles. The largest absolute Gasteiger partial charge is 0.490 e. The molecule has 0 saturated heterocycles. The van der Waals surface area contributed by atoms with Crippen LogP contribution >= 0.6 is 11.8 Å². The summed E-state index contributed by atoms with van der Waals surface area (Å²) >= 11 is 1.16. The Morgan fingerprint density at radius 3 is 2.80 bits per heavy atom. The van der Waals surface area contributed by atoms with E-state index in [1.807, 2.05) is 43.0 Å². The van der Waals surface area contributed by atoms with Gasteiger partial charge in [-0.05, 0) is 43.2 Å². The molecule has 2 aliphatic heterocycles. The summed E-state index contributed by atoms with van der Waals surface area (Å²) in [5.41, 5.74) is 2.40. The quantitative estimate of drug-likeness (QED) is 0.717. The number of thioether (sulfide) groups is 1. The van der Waals surface area contributed by atoms with E-state index in [0.717, 1.165) is 29.4 Å². The summed E-state index contributed by atoms with van der Waals surface area (Å²) in [6.45, 7) is 5.49. The Bertz CT molecular complexity index is 1110. The van der Waals surface area contributed by atoms with E-state index in [9.17, 15) is 13.2 Å². The molecule has 2 aromatic carbocycles. The number of fused-ring (bicyclic) bond motifs is 2. The summed E-state index contributed by atoms with van der Waals surface area (Å²) in [7, 11) is -3.79. The fourth-order valence-electron chi connectivity index (χ4n) is 3.54. The van der Waals surface area contributed by atoms with Gasteiger partial charge in [-0.1, -0.05) is 36.9 Å². The molecule has 2 aliphatic rings. The van der Waals surface area contributed by atoms with Crippen LogP contribution in [0, 0.1) is 6.92 Å². The Morgan fingerprint density at radius 2 is 2.00 bits per heavy atom. The fourth-order valence-corrected chi connectivity index (χ4v) is 5.89. The summed E-state index contributed by atoms with van der Waals surface area (Å²) in [5.74, 6) is 0.666. The Balaban J connectivity index is 1.57. The molecule has 0 aromatic heterocycles. The molecule has 1 amide bonds. The Morgan fingerprint density at radius 1 is 1.20 bits per heavy atom. The van der Waals surface area contributed by atoms with Gasteiger partial charge in [-0.3, -0.25) is 4.79 Å². The van der Waals surface area contributed by atoms with Crippen LogP contribution < -0.4 is 14.5 Å². The average molecular weight is 446 g/mol. The second-order valence-electron chi connectivity index (χ2n) is 7.12. The summed E-state index contributed by atoms with van der Waals surface area (Å²) in [6.07, 6.45) is 0.817. The van der Waals surface area contributed by atoms with Crippen LogP contribution in [0.2, 0.25) is 0 Å². The highest BCUT2D eigenvalue weighted by Crippen LogP contribution is 2.35. The number of nitrogens with zero attached hydrogens (tertiary/aromatic N) is 3. The van der Waals surface area contributed by atoms with Crippen molar-refractivity contribution in [3.05, 3.63) is 48.0 Å². The zero-order valence-electron chi connectivity index (χ0n) is 16.9. The van der Waals surface area contributed by atoms with Crippen molar-refractivity contribution in [1.82, 2.24) is 0 Å². The predicted octanol–water partition coefficient (Wildman–Crippen LogP) is 3.43. The summed E-state index contributed by atoms with van der Waals surface area (Å²) in [4.78, 5) is 16.8. The van der Waals surface area contributed by atoms with Crippen LogP contribution in [-0.2, 0) is 14.8 Å². The normalized spacial score (nSPS) is 16.9. The molecule has 0 saturated carbocycles. The van der Waals surface area contributed by atoms with Crippen LogP contribution in [-0.4, -0.2) is 44.9 Å². The summed E-state index contributed by atoms with van der Waals surface area (Å²) < 4.78 is 35.0. The van der Waals surface area contributed by atoms with Gasteiger partial charge in [0.25, 0.3) is 10.0 Å². The second kappa shape index (κ2) is 8.31. The standard InChI is InChI=1S/C21H23N3O4S2/c1-3-10-24-16-6-4-5-7-19(16)30(26,27)22-21(24)29-14-20(25)23-11-12-28-18-9-8-15(2)13-17(18)23/h4-9,13H,3,10-12,14H2,1-2H3. The molecule has 9 heteroatoms. The van der Waals surface area contributed by atoms with Crippen LogP contribution in [0.1, 0.15) is 18.9 Å². The molecule has 158 valence electrons. The first kappa shape index (κ1) is 20.7. The van der Waals surface area contributed by atoms with Crippen molar-refractivity contribution in [2.75, 3.05) is 35.2 Å². The average Bonchev–Trinajstić information content (AvgIpc) is 2.74. The summed E-state index contributed by atoms with van der Waals surface area (Å²) in [5, 5.41) is 0.335. The molecule has 2 heterocycles. The second-order valence-corrected chi connectivity index (χ2v) is 9.64. The van der Waals surface area contributed by atoms with Gasteiger partial charge in [0.2, 0.25) is 5.91 Å². The van der Waals surface area contributed by atoms with Crippen LogP contribution in [0.25, 0.3) is 0 Å². The number of carbonyl (C=O) groups excluding carboxylic acids is 1. The van der Waals surface area contributed by atoms with Crippen molar-refractivity contribution in [2.45, 2.75) is 25.2 Å². The lowest BCUT2D eigenvalue weighted by molar-refractivity contribution is -0.116. The van der Waals surface area contributed by atoms with Gasteiger partial charge in [-0.25, -0.2) is 0 Å². The highest BCUT2D eigenvalue weighted by Gasteiger charge is 2.31. The molecule has 0 N–H and O–H groups in total. The van der Waals surface area contributed by atoms with Crippen molar-refractivity contribution in [2.24, 2.45) is 4.40 Å². The highest BCUT2D eigenvalue weighted by molar-refractivity contribution is 8.15. The van der Waals surface area contributed by atoms with Crippen LogP contribution in [0.5, 0.6) is 5.75 Å². The van der Waals surface area contributed by atoms with E-state index in [0.29, 0.717) is 36.3 Å². The number of hydrogen-bond acceptors (Lipinski definition) is 6. The van der Waals surface area contributed by atoms with Gasteiger partial charge in [0.05, 0.1) is 23.7 Å². The van der Waals surface area contributed by atoms with E-state index >= 15 is 0 Å². The van der Waals surface area contributed by atoms with E-state index < -0.39 is 10.0 Å². The van der Waals surface area contributed by atoms with Crippen molar-refractivity contribution < 1.29 is 17.9 Å². The number of ether oxygens (including phenoxy) is 1. The lowest BCUT2D eigenvalue weighted by Gasteiger charge is -2.32. The third-order valence-corrected chi connectivity index (χ3v) is 7.30.